The maximum atomic E-state index is 13.9. The summed E-state index contributed by atoms with van der Waals surface area (Å²) in [6.45, 7) is 1.87. The first-order valence-electron chi connectivity index (χ1n) is 8.90. The van der Waals surface area contributed by atoms with Crippen LogP contribution in [0.5, 0.6) is 11.5 Å². The highest BCUT2D eigenvalue weighted by Gasteiger charge is 2.34. The topological polar surface area (TPSA) is 76.1 Å². The van der Waals surface area contributed by atoms with Crippen LogP contribution < -0.4 is 9.47 Å². The van der Waals surface area contributed by atoms with E-state index in [1.165, 1.54) is 31.3 Å². The van der Waals surface area contributed by atoms with Gasteiger partial charge in [0.2, 0.25) is 0 Å². The summed E-state index contributed by atoms with van der Waals surface area (Å²) in [5.41, 5.74) is 2.09. The van der Waals surface area contributed by atoms with Gasteiger partial charge in [-0.3, -0.25) is 9.59 Å². The van der Waals surface area contributed by atoms with Crippen LogP contribution in [-0.2, 0) is 11.2 Å². The van der Waals surface area contributed by atoms with E-state index >= 15 is 0 Å². The molecule has 1 heterocycles. The first kappa shape index (κ1) is 19.7. The molecule has 3 rings (SSSR count). The average Bonchev–Trinajstić information content (AvgIpc) is 2.68. The smallest absolute Gasteiger partial charge is 0.305 e. The second-order valence-electron chi connectivity index (χ2n) is 6.68. The molecule has 0 saturated carbocycles. The van der Waals surface area contributed by atoms with Crippen molar-refractivity contribution in [3.8, 4) is 11.5 Å². The summed E-state index contributed by atoms with van der Waals surface area (Å²) in [5.74, 6) is -0.863. The van der Waals surface area contributed by atoms with Gasteiger partial charge in [-0.05, 0) is 54.3 Å². The molecule has 28 heavy (non-hydrogen) atoms. The van der Waals surface area contributed by atoms with Gasteiger partial charge >= 0.3 is 5.97 Å². The van der Waals surface area contributed by atoms with Crippen molar-refractivity contribution >= 4 is 11.9 Å². The highest BCUT2D eigenvalue weighted by molar-refractivity contribution is 5.96. The number of carboxylic acid groups (broad SMARTS) is 1. The number of aliphatic carboxylic acids is 1. The number of hydrogen-bond acceptors (Lipinski definition) is 4. The number of carbonyl (C=O) groups is 2. The SMILES string of the molecule is COc1cc2c(cc1OC)C(CC(=O)O)N(C(=O)c1cccc(F)c1C)CC2. The number of halogens is 1. The maximum Gasteiger partial charge on any atom is 0.305 e. The van der Waals surface area contributed by atoms with Crippen molar-refractivity contribution in [2.24, 2.45) is 0 Å². The Labute approximate surface area is 162 Å². The molecule has 0 spiro atoms. The molecule has 2 aromatic rings. The summed E-state index contributed by atoms with van der Waals surface area (Å²) < 4.78 is 24.6. The number of benzene rings is 2. The molecule has 1 atom stereocenters. The zero-order valence-electron chi connectivity index (χ0n) is 16.0. The standard InChI is InChI=1S/C21H22FNO5/c1-12-14(5-4-6-16(12)22)21(26)23-8-7-13-9-18(27-2)19(28-3)10-15(13)17(23)11-20(24)25/h4-6,9-10,17H,7-8,11H2,1-3H3,(H,24,25). The quantitative estimate of drug-likeness (QED) is 0.851. The highest BCUT2D eigenvalue weighted by atomic mass is 19.1. The average molecular weight is 387 g/mol. The number of methoxy groups -OCH3 is 2. The minimum atomic E-state index is -1.03. The van der Waals surface area contributed by atoms with E-state index in [1.54, 1.807) is 19.1 Å². The summed E-state index contributed by atoms with van der Waals surface area (Å²) in [5, 5.41) is 9.43. The Balaban J connectivity index is 2.07. The van der Waals surface area contributed by atoms with Gasteiger partial charge in [0.05, 0.1) is 26.7 Å². The second-order valence-corrected chi connectivity index (χ2v) is 6.68. The summed E-state index contributed by atoms with van der Waals surface area (Å²) in [4.78, 5) is 26.2. The fraction of sp³-hybridized carbons (Fsp3) is 0.333. The molecule has 0 bridgehead atoms. The largest absolute Gasteiger partial charge is 0.493 e. The Morgan fingerprint density at radius 2 is 1.89 bits per heavy atom. The molecular formula is C21H22FNO5. The third kappa shape index (κ3) is 3.52. The predicted octanol–water partition coefficient (Wildman–Crippen LogP) is 3.37. The Kier molecular flexibility index (Phi) is 5.53. The van der Waals surface area contributed by atoms with Crippen LogP contribution in [-0.4, -0.2) is 42.6 Å². The molecule has 7 heteroatoms. The minimum Gasteiger partial charge on any atom is -0.493 e. The van der Waals surface area contributed by atoms with Crippen molar-refractivity contribution in [3.05, 3.63) is 58.4 Å². The van der Waals surface area contributed by atoms with E-state index in [2.05, 4.69) is 0 Å². The van der Waals surface area contributed by atoms with Gasteiger partial charge < -0.3 is 19.5 Å². The second kappa shape index (κ2) is 7.88. The van der Waals surface area contributed by atoms with Gasteiger partial charge in [0.25, 0.3) is 5.91 Å². The van der Waals surface area contributed by atoms with E-state index in [1.807, 2.05) is 6.07 Å². The number of rotatable bonds is 5. The summed E-state index contributed by atoms with van der Waals surface area (Å²) in [6, 6.07) is 7.19. The van der Waals surface area contributed by atoms with Crippen LogP contribution in [0.4, 0.5) is 4.39 Å². The molecule has 1 N–H and O–H groups in total. The van der Waals surface area contributed by atoms with E-state index < -0.39 is 17.8 Å². The lowest BCUT2D eigenvalue weighted by Gasteiger charge is -2.37. The van der Waals surface area contributed by atoms with E-state index in [-0.39, 0.29) is 23.5 Å². The van der Waals surface area contributed by atoms with Gasteiger partial charge in [0.15, 0.2) is 11.5 Å². The molecule has 1 aliphatic heterocycles. The third-order valence-electron chi connectivity index (χ3n) is 5.13. The van der Waals surface area contributed by atoms with Gasteiger partial charge in [-0.1, -0.05) is 6.07 Å². The van der Waals surface area contributed by atoms with Crippen LogP contribution >= 0.6 is 0 Å². The van der Waals surface area contributed by atoms with Crippen LogP contribution in [0.25, 0.3) is 0 Å². The van der Waals surface area contributed by atoms with Crippen LogP contribution in [0.15, 0.2) is 30.3 Å². The zero-order chi connectivity index (χ0) is 20.4. The molecule has 148 valence electrons. The first-order valence-corrected chi connectivity index (χ1v) is 8.90. The Bertz CT molecular complexity index is 927. The van der Waals surface area contributed by atoms with Crippen LogP contribution in [0.3, 0.4) is 0 Å². The predicted molar refractivity (Wildman–Crippen MR) is 100 cm³/mol. The molecule has 6 nitrogen and oxygen atoms in total. The number of ether oxygens (including phenoxy) is 2. The molecule has 1 aliphatic rings. The van der Waals surface area contributed by atoms with E-state index in [4.69, 9.17) is 9.47 Å². The van der Waals surface area contributed by atoms with E-state index in [0.717, 1.165) is 5.56 Å². The van der Waals surface area contributed by atoms with E-state index in [9.17, 15) is 19.1 Å². The molecule has 1 amide bonds. The minimum absolute atomic E-state index is 0.235. The van der Waals surface area contributed by atoms with Gasteiger partial charge in [-0.15, -0.1) is 0 Å². The number of fused-ring (bicyclic) bond motifs is 1. The molecule has 1 unspecified atom stereocenters. The Hall–Kier alpha value is -3.09. The summed E-state index contributed by atoms with van der Waals surface area (Å²) >= 11 is 0. The Morgan fingerprint density at radius 1 is 1.21 bits per heavy atom. The molecule has 0 aliphatic carbocycles. The van der Waals surface area contributed by atoms with E-state index in [0.29, 0.717) is 30.0 Å². The normalized spacial score (nSPS) is 15.7. The monoisotopic (exact) mass is 387 g/mol. The van der Waals surface area contributed by atoms with Gasteiger partial charge in [0.1, 0.15) is 5.82 Å². The lowest BCUT2D eigenvalue weighted by Crippen LogP contribution is -2.41. The van der Waals surface area contributed by atoms with Crippen molar-refractivity contribution in [3.63, 3.8) is 0 Å². The number of nitrogens with zero attached hydrogens (tertiary/aromatic N) is 1. The first-order chi connectivity index (χ1) is 13.4. The zero-order valence-corrected chi connectivity index (χ0v) is 16.0. The summed E-state index contributed by atoms with van der Waals surface area (Å²) in [7, 11) is 3.03. The van der Waals surface area contributed by atoms with Gasteiger partial charge in [0, 0.05) is 12.1 Å². The van der Waals surface area contributed by atoms with Crippen molar-refractivity contribution in [1.82, 2.24) is 4.90 Å². The number of hydrogen-bond donors (Lipinski definition) is 1. The van der Waals surface area contributed by atoms with Gasteiger partial charge in [-0.25, -0.2) is 4.39 Å². The van der Waals surface area contributed by atoms with Crippen LogP contribution in [0.1, 0.15) is 39.5 Å². The molecular weight excluding hydrogens is 365 g/mol. The third-order valence-corrected chi connectivity index (χ3v) is 5.13. The molecule has 0 fully saturated rings. The fourth-order valence-corrected chi connectivity index (χ4v) is 3.65. The fourth-order valence-electron chi connectivity index (χ4n) is 3.65. The lowest BCUT2D eigenvalue weighted by molar-refractivity contribution is -0.138. The molecule has 0 radical (unpaired) electrons. The highest BCUT2D eigenvalue weighted by Crippen LogP contribution is 2.40. The molecule has 0 aromatic heterocycles. The number of carbonyl (C=O) groups excluding carboxylic acids is 1. The molecule has 0 saturated heterocycles. The maximum absolute atomic E-state index is 13.9. The van der Waals surface area contributed by atoms with Crippen molar-refractivity contribution in [1.29, 1.82) is 0 Å². The Morgan fingerprint density at radius 3 is 2.54 bits per heavy atom. The number of carboxylic acids is 1. The number of amides is 1. The lowest BCUT2D eigenvalue weighted by atomic mass is 9.89. The van der Waals surface area contributed by atoms with Crippen molar-refractivity contribution in [2.45, 2.75) is 25.8 Å². The van der Waals surface area contributed by atoms with Gasteiger partial charge in [-0.2, -0.15) is 0 Å². The van der Waals surface area contributed by atoms with Crippen LogP contribution in [0, 0.1) is 12.7 Å². The molecule has 2 aromatic carbocycles. The summed E-state index contributed by atoms with van der Waals surface area (Å²) in [6.07, 6.45) is 0.272. The van der Waals surface area contributed by atoms with Crippen LogP contribution in [0.2, 0.25) is 0 Å². The van der Waals surface area contributed by atoms with Crippen molar-refractivity contribution < 1.29 is 28.6 Å². The van der Waals surface area contributed by atoms with Crippen molar-refractivity contribution in [2.75, 3.05) is 20.8 Å².